The van der Waals surface area contributed by atoms with Gasteiger partial charge >= 0.3 is 0 Å². The Morgan fingerprint density at radius 2 is 1.55 bits per heavy atom. The molecule has 3 fully saturated rings. The normalized spacial score (nSPS) is 20.7. The smallest absolute Gasteiger partial charge is 0.274 e. The van der Waals surface area contributed by atoms with Crippen molar-refractivity contribution in [2.24, 2.45) is 5.92 Å². The summed E-state index contributed by atoms with van der Waals surface area (Å²) < 4.78 is 26.3. The Hall–Kier alpha value is -2.52. The van der Waals surface area contributed by atoms with E-state index in [-0.39, 0.29) is 11.2 Å². The van der Waals surface area contributed by atoms with Crippen LogP contribution < -0.4 is 4.90 Å². The van der Waals surface area contributed by atoms with E-state index in [1.807, 2.05) is 6.07 Å². The zero-order valence-electron chi connectivity index (χ0n) is 18.8. The topological polar surface area (TPSA) is 86.7 Å². The fourth-order valence-electron chi connectivity index (χ4n) is 4.81. The van der Waals surface area contributed by atoms with Crippen LogP contribution in [0.2, 0.25) is 0 Å². The van der Waals surface area contributed by atoms with Gasteiger partial charge < -0.3 is 9.80 Å². The highest BCUT2D eigenvalue weighted by Crippen LogP contribution is 2.31. The van der Waals surface area contributed by atoms with Crippen molar-refractivity contribution in [2.45, 2.75) is 37.4 Å². The number of piperidine rings is 1. The van der Waals surface area contributed by atoms with Gasteiger partial charge in [-0.1, -0.05) is 30.3 Å². The summed E-state index contributed by atoms with van der Waals surface area (Å²) in [5, 5.41) is 8.34. The summed E-state index contributed by atoms with van der Waals surface area (Å²) in [6, 6.07) is 14.3. The Kier molecular flexibility index (Phi) is 6.34. The number of hydrogen-bond donors (Lipinski definition) is 0. The van der Waals surface area contributed by atoms with E-state index in [1.54, 1.807) is 11.0 Å². The molecule has 1 aromatic heterocycles. The first-order chi connectivity index (χ1) is 16.0. The number of anilines is 1. The number of piperazine rings is 1. The van der Waals surface area contributed by atoms with Crippen molar-refractivity contribution in [2.75, 3.05) is 44.2 Å². The minimum Gasteiger partial charge on any atom is -0.355 e. The van der Waals surface area contributed by atoms with E-state index in [1.165, 1.54) is 9.87 Å². The summed E-state index contributed by atoms with van der Waals surface area (Å²) in [6.07, 6.45) is 4.86. The molecule has 1 amide bonds. The zero-order chi connectivity index (χ0) is 22.8. The Morgan fingerprint density at radius 3 is 2.15 bits per heavy atom. The number of sulfonamides is 1. The first kappa shape index (κ1) is 22.3. The van der Waals surface area contributed by atoms with Crippen LogP contribution in [0.3, 0.4) is 0 Å². The summed E-state index contributed by atoms with van der Waals surface area (Å²) in [5.41, 5.74) is 1.71. The molecule has 2 saturated heterocycles. The van der Waals surface area contributed by atoms with Crippen LogP contribution in [-0.2, 0) is 16.4 Å². The molecule has 1 aromatic carbocycles. The molecule has 176 valence electrons. The molecule has 9 heteroatoms. The lowest BCUT2D eigenvalue weighted by Gasteiger charge is -2.34. The minimum atomic E-state index is -3.18. The van der Waals surface area contributed by atoms with Gasteiger partial charge in [-0.2, -0.15) is 4.31 Å². The van der Waals surface area contributed by atoms with Gasteiger partial charge in [0.1, 0.15) is 0 Å². The Balaban J connectivity index is 1.12. The largest absolute Gasteiger partial charge is 0.355 e. The molecule has 0 radical (unpaired) electrons. The number of hydrogen-bond acceptors (Lipinski definition) is 6. The molecular formula is C24H31N5O3S. The van der Waals surface area contributed by atoms with E-state index in [4.69, 9.17) is 0 Å². The predicted molar refractivity (Wildman–Crippen MR) is 127 cm³/mol. The van der Waals surface area contributed by atoms with E-state index in [9.17, 15) is 13.2 Å². The van der Waals surface area contributed by atoms with Gasteiger partial charge in [-0.05, 0) is 55.7 Å². The second kappa shape index (κ2) is 9.38. The molecule has 0 atom stereocenters. The average Bonchev–Trinajstić information content (AvgIpc) is 3.71. The zero-order valence-corrected chi connectivity index (χ0v) is 19.7. The van der Waals surface area contributed by atoms with Gasteiger partial charge in [0.05, 0.1) is 5.25 Å². The predicted octanol–water partition coefficient (Wildman–Crippen LogP) is 2.19. The highest BCUT2D eigenvalue weighted by molar-refractivity contribution is 7.90. The van der Waals surface area contributed by atoms with Gasteiger partial charge in [0.15, 0.2) is 11.5 Å². The summed E-state index contributed by atoms with van der Waals surface area (Å²) >= 11 is 0. The van der Waals surface area contributed by atoms with E-state index >= 15 is 0 Å². The summed E-state index contributed by atoms with van der Waals surface area (Å²) in [7, 11) is -3.18. The van der Waals surface area contributed by atoms with Crippen LogP contribution in [0.4, 0.5) is 5.82 Å². The molecule has 2 aromatic rings. The Labute approximate surface area is 195 Å². The van der Waals surface area contributed by atoms with Gasteiger partial charge in [0.2, 0.25) is 10.0 Å². The van der Waals surface area contributed by atoms with Crippen LogP contribution in [0.1, 0.15) is 41.7 Å². The van der Waals surface area contributed by atoms with Crippen molar-refractivity contribution in [1.82, 2.24) is 19.4 Å². The lowest BCUT2D eigenvalue weighted by atomic mass is 9.90. The van der Waals surface area contributed by atoms with Gasteiger partial charge in [-0.25, -0.2) is 8.42 Å². The van der Waals surface area contributed by atoms with Crippen molar-refractivity contribution in [3.05, 3.63) is 53.7 Å². The molecule has 0 spiro atoms. The summed E-state index contributed by atoms with van der Waals surface area (Å²) in [5.74, 6) is 1.31. The fourth-order valence-corrected chi connectivity index (χ4v) is 6.63. The first-order valence-corrected chi connectivity index (χ1v) is 13.4. The SMILES string of the molecule is O=C(c1ccc(N2CCC(Cc3ccccc3)CC2)nn1)N1CCN(S(=O)(=O)C2CC2)CC1. The van der Waals surface area contributed by atoms with Crippen LogP contribution in [-0.4, -0.2) is 78.2 Å². The quantitative estimate of drug-likeness (QED) is 0.645. The third kappa shape index (κ3) is 5.04. The number of carbonyl (C=O) groups excluding carboxylic acids is 1. The second-order valence-corrected chi connectivity index (χ2v) is 11.5. The van der Waals surface area contributed by atoms with Crippen LogP contribution >= 0.6 is 0 Å². The van der Waals surface area contributed by atoms with Crippen LogP contribution in [0.5, 0.6) is 0 Å². The molecule has 1 saturated carbocycles. The van der Waals surface area contributed by atoms with E-state index in [0.717, 1.165) is 51.0 Å². The molecule has 1 aliphatic carbocycles. The molecule has 5 rings (SSSR count). The molecule has 3 heterocycles. The van der Waals surface area contributed by atoms with E-state index in [2.05, 4.69) is 45.4 Å². The second-order valence-electron chi connectivity index (χ2n) is 9.33. The number of aromatic nitrogens is 2. The molecule has 8 nitrogen and oxygen atoms in total. The van der Waals surface area contributed by atoms with E-state index in [0.29, 0.717) is 37.8 Å². The maximum Gasteiger partial charge on any atom is 0.274 e. The number of carbonyl (C=O) groups is 1. The van der Waals surface area contributed by atoms with Crippen molar-refractivity contribution in [3.8, 4) is 0 Å². The van der Waals surface area contributed by atoms with Crippen LogP contribution in [0, 0.1) is 5.92 Å². The first-order valence-electron chi connectivity index (χ1n) is 11.9. The van der Waals surface area contributed by atoms with Crippen LogP contribution in [0.25, 0.3) is 0 Å². The summed E-state index contributed by atoms with van der Waals surface area (Å²) in [4.78, 5) is 16.8. The van der Waals surface area contributed by atoms with Crippen molar-refractivity contribution in [1.29, 1.82) is 0 Å². The molecule has 33 heavy (non-hydrogen) atoms. The highest BCUT2D eigenvalue weighted by atomic mass is 32.2. The fraction of sp³-hybridized carbons (Fsp3) is 0.542. The molecule has 0 N–H and O–H groups in total. The van der Waals surface area contributed by atoms with Gasteiger partial charge in [0.25, 0.3) is 5.91 Å². The molecule has 0 unspecified atom stereocenters. The van der Waals surface area contributed by atoms with E-state index < -0.39 is 10.0 Å². The number of rotatable bonds is 6. The Bertz CT molecular complexity index is 1060. The Morgan fingerprint density at radius 1 is 0.848 bits per heavy atom. The highest BCUT2D eigenvalue weighted by Gasteiger charge is 2.41. The lowest BCUT2D eigenvalue weighted by molar-refractivity contribution is 0.0690. The minimum absolute atomic E-state index is 0.181. The number of benzene rings is 1. The summed E-state index contributed by atoms with van der Waals surface area (Å²) in [6.45, 7) is 3.38. The van der Waals surface area contributed by atoms with Gasteiger partial charge in [-0.15, -0.1) is 10.2 Å². The number of amides is 1. The molecule has 3 aliphatic rings. The lowest BCUT2D eigenvalue weighted by Crippen LogP contribution is -2.51. The molecular weight excluding hydrogens is 438 g/mol. The molecule has 0 bridgehead atoms. The monoisotopic (exact) mass is 469 g/mol. The average molecular weight is 470 g/mol. The number of nitrogens with zero attached hydrogens (tertiary/aromatic N) is 5. The molecule has 2 aliphatic heterocycles. The van der Waals surface area contributed by atoms with Gasteiger partial charge in [-0.3, -0.25) is 4.79 Å². The van der Waals surface area contributed by atoms with Crippen molar-refractivity contribution in [3.63, 3.8) is 0 Å². The third-order valence-electron chi connectivity index (χ3n) is 7.01. The van der Waals surface area contributed by atoms with Crippen molar-refractivity contribution < 1.29 is 13.2 Å². The maximum absolute atomic E-state index is 12.8. The van der Waals surface area contributed by atoms with Crippen LogP contribution in [0.15, 0.2) is 42.5 Å². The van der Waals surface area contributed by atoms with Gasteiger partial charge in [0, 0.05) is 39.3 Å². The maximum atomic E-state index is 12.8. The third-order valence-corrected chi connectivity index (χ3v) is 9.41. The van der Waals surface area contributed by atoms with Crippen molar-refractivity contribution >= 4 is 21.7 Å². The standard InChI is InChI=1S/C24H31N5O3S/c30-24(28-14-16-29(17-15-28)33(31,32)21-6-7-21)22-8-9-23(26-25-22)27-12-10-20(11-13-27)18-19-4-2-1-3-5-19/h1-5,8-9,20-21H,6-7,10-18H2.